The maximum Gasteiger partial charge on any atom is 0.0107 e. The molecular weight excluding hydrogens is 196 g/mol. The highest BCUT2D eigenvalue weighted by atomic mass is 15.1. The van der Waals surface area contributed by atoms with Crippen LogP contribution < -0.4 is 5.32 Å². The largest absolute Gasteiger partial charge is 0.315 e. The molecule has 0 spiro atoms. The van der Waals surface area contributed by atoms with Crippen LogP contribution in [0.15, 0.2) is 0 Å². The molecule has 0 heterocycles. The van der Waals surface area contributed by atoms with Gasteiger partial charge in [-0.3, -0.25) is 0 Å². The Morgan fingerprint density at radius 2 is 1.94 bits per heavy atom. The van der Waals surface area contributed by atoms with Crippen molar-refractivity contribution in [3.8, 4) is 0 Å². The van der Waals surface area contributed by atoms with Crippen LogP contribution in [0, 0.1) is 17.8 Å². The summed E-state index contributed by atoms with van der Waals surface area (Å²) in [7, 11) is 0. The van der Waals surface area contributed by atoms with Crippen molar-refractivity contribution in [2.24, 2.45) is 17.8 Å². The fourth-order valence-electron chi connectivity index (χ4n) is 3.69. The second-order valence-corrected chi connectivity index (χ2v) is 5.67. The lowest BCUT2D eigenvalue weighted by atomic mass is 9.89. The van der Waals surface area contributed by atoms with E-state index < -0.39 is 0 Å². The lowest BCUT2D eigenvalue weighted by molar-refractivity contribution is 0.283. The van der Waals surface area contributed by atoms with E-state index in [2.05, 4.69) is 24.1 Å². The Hall–Kier alpha value is -0.0800. The third-order valence-corrected chi connectivity index (χ3v) is 4.79. The molecule has 1 N–H and O–H groups in total. The average Bonchev–Trinajstić information content (AvgIpc) is 2.91. The predicted octanol–water partition coefficient (Wildman–Crippen LogP) is 2.35. The van der Waals surface area contributed by atoms with E-state index in [0.717, 1.165) is 17.8 Å². The molecule has 2 nitrogen and oxygen atoms in total. The van der Waals surface area contributed by atoms with Crippen molar-refractivity contribution in [3.05, 3.63) is 0 Å². The van der Waals surface area contributed by atoms with E-state index in [-0.39, 0.29) is 0 Å². The highest BCUT2D eigenvalue weighted by Gasteiger charge is 2.38. The predicted molar refractivity (Wildman–Crippen MR) is 69.6 cm³/mol. The Morgan fingerprint density at radius 1 is 1.12 bits per heavy atom. The Labute approximate surface area is 101 Å². The molecule has 2 rings (SSSR count). The SMILES string of the molecule is CCN(CC)CCNCC1CC2CCC1C2. The van der Waals surface area contributed by atoms with Gasteiger partial charge in [0.2, 0.25) is 0 Å². The number of nitrogens with zero attached hydrogens (tertiary/aromatic N) is 1. The van der Waals surface area contributed by atoms with Crippen LogP contribution in [-0.2, 0) is 0 Å². The molecule has 0 aliphatic heterocycles. The minimum atomic E-state index is 1.01. The van der Waals surface area contributed by atoms with E-state index in [4.69, 9.17) is 0 Å². The molecule has 0 radical (unpaired) electrons. The highest BCUT2D eigenvalue weighted by molar-refractivity contribution is 4.90. The summed E-state index contributed by atoms with van der Waals surface area (Å²) in [6.07, 6.45) is 6.11. The summed E-state index contributed by atoms with van der Waals surface area (Å²) >= 11 is 0. The van der Waals surface area contributed by atoms with Gasteiger partial charge >= 0.3 is 0 Å². The van der Waals surface area contributed by atoms with Gasteiger partial charge in [0.05, 0.1) is 0 Å². The van der Waals surface area contributed by atoms with Crippen molar-refractivity contribution < 1.29 is 0 Å². The lowest BCUT2D eigenvalue weighted by Crippen LogP contribution is -2.35. The van der Waals surface area contributed by atoms with Gasteiger partial charge in [-0.05, 0) is 56.7 Å². The lowest BCUT2D eigenvalue weighted by Gasteiger charge is -2.23. The number of hydrogen-bond acceptors (Lipinski definition) is 2. The second kappa shape index (κ2) is 6.02. The molecule has 94 valence electrons. The summed E-state index contributed by atoms with van der Waals surface area (Å²) in [4.78, 5) is 2.49. The maximum absolute atomic E-state index is 3.67. The molecule has 3 atom stereocenters. The topological polar surface area (TPSA) is 15.3 Å². The molecule has 0 aromatic rings. The molecule has 0 aromatic heterocycles. The van der Waals surface area contributed by atoms with Gasteiger partial charge in [0.15, 0.2) is 0 Å². The van der Waals surface area contributed by atoms with E-state index in [9.17, 15) is 0 Å². The van der Waals surface area contributed by atoms with Crippen LogP contribution in [0.3, 0.4) is 0 Å². The van der Waals surface area contributed by atoms with Gasteiger partial charge in [-0.25, -0.2) is 0 Å². The number of rotatable bonds is 7. The second-order valence-electron chi connectivity index (χ2n) is 5.67. The van der Waals surface area contributed by atoms with Crippen LogP contribution in [0.5, 0.6) is 0 Å². The van der Waals surface area contributed by atoms with Gasteiger partial charge in [0.1, 0.15) is 0 Å². The van der Waals surface area contributed by atoms with Gasteiger partial charge in [-0.2, -0.15) is 0 Å². The van der Waals surface area contributed by atoms with E-state index in [0.29, 0.717) is 0 Å². The van der Waals surface area contributed by atoms with Crippen LogP contribution in [0.1, 0.15) is 39.5 Å². The summed E-state index contributed by atoms with van der Waals surface area (Å²) in [6, 6.07) is 0. The van der Waals surface area contributed by atoms with Crippen LogP contribution in [0.25, 0.3) is 0 Å². The highest BCUT2D eigenvalue weighted by Crippen LogP contribution is 2.47. The standard InChI is InChI=1S/C14H28N2/c1-3-16(4-2)8-7-15-11-14-10-12-5-6-13(14)9-12/h12-15H,3-11H2,1-2H3. The molecule has 2 fully saturated rings. The maximum atomic E-state index is 3.67. The first kappa shape index (κ1) is 12.4. The minimum absolute atomic E-state index is 1.01. The zero-order valence-electron chi connectivity index (χ0n) is 11.0. The summed E-state index contributed by atoms with van der Waals surface area (Å²) in [6.45, 7) is 10.5. The molecule has 0 amide bonds. The molecule has 2 aliphatic carbocycles. The van der Waals surface area contributed by atoms with Crippen molar-refractivity contribution in [1.82, 2.24) is 10.2 Å². The normalized spacial score (nSPS) is 32.8. The summed E-state index contributed by atoms with van der Waals surface area (Å²) in [5.41, 5.74) is 0. The van der Waals surface area contributed by atoms with E-state index >= 15 is 0 Å². The molecule has 0 saturated heterocycles. The first-order chi connectivity index (χ1) is 7.83. The van der Waals surface area contributed by atoms with Crippen LogP contribution in [0.2, 0.25) is 0 Å². The molecule has 16 heavy (non-hydrogen) atoms. The quantitative estimate of drug-likeness (QED) is 0.668. The molecule has 2 heteroatoms. The van der Waals surface area contributed by atoms with Gasteiger partial charge in [-0.15, -0.1) is 0 Å². The van der Waals surface area contributed by atoms with Crippen molar-refractivity contribution >= 4 is 0 Å². The Bertz CT molecular complexity index is 201. The Balaban J connectivity index is 1.55. The van der Waals surface area contributed by atoms with Crippen LogP contribution in [-0.4, -0.2) is 37.6 Å². The van der Waals surface area contributed by atoms with Gasteiger partial charge in [0.25, 0.3) is 0 Å². The van der Waals surface area contributed by atoms with Gasteiger partial charge in [0, 0.05) is 13.1 Å². The molecule has 2 saturated carbocycles. The zero-order valence-corrected chi connectivity index (χ0v) is 11.0. The Morgan fingerprint density at radius 3 is 2.50 bits per heavy atom. The first-order valence-electron chi connectivity index (χ1n) is 7.26. The average molecular weight is 224 g/mol. The molecule has 2 aliphatic rings. The fourth-order valence-corrected chi connectivity index (χ4v) is 3.69. The number of fused-ring (bicyclic) bond motifs is 2. The number of likely N-dealkylation sites (N-methyl/N-ethyl adjacent to an activating group) is 1. The summed E-state index contributed by atoms with van der Waals surface area (Å²) in [5.74, 6) is 3.18. The number of hydrogen-bond donors (Lipinski definition) is 1. The van der Waals surface area contributed by atoms with Crippen molar-refractivity contribution in [3.63, 3.8) is 0 Å². The van der Waals surface area contributed by atoms with Crippen molar-refractivity contribution in [2.45, 2.75) is 39.5 Å². The third-order valence-electron chi connectivity index (χ3n) is 4.79. The summed E-state index contributed by atoms with van der Waals surface area (Å²) in [5, 5.41) is 3.67. The van der Waals surface area contributed by atoms with Crippen molar-refractivity contribution in [2.75, 3.05) is 32.7 Å². The van der Waals surface area contributed by atoms with Crippen LogP contribution >= 0.6 is 0 Å². The zero-order chi connectivity index (χ0) is 11.4. The van der Waals surface area contributed by atoms with Crippen molar-refractivity contribution in [1.29, 1.82) is 0 Å². The molecule has 2 bridgehead atoms. The number of nitrogens with one attached hydrogen (secondary N) is 1. The molecule has 0 aromatic carbocycles. The Kier molecular flexibility index (Phi) is 4.66. The summed E-state index contributed by atoms with van der Waals surface area (Å²) < 4.78 is 0. The minimum Gasteiger partial charge on any atom is -0.315 e. The van der Waals surface area contributed by atoms with E-state index in [1.165, 1.54) is 52.0 Å². The molecular formula is C14H28N2. The third kappa shape index (κ3) is 2.98. The van der Waals surface area contributed by atoms with E-state index in [1.54, 1.807) is 6.42 Å². The first-order valence-corrected chi connectivity index (χ1v) is 7.26. The van der Waals surface area contributed by atoms with Gasteiger partial charge in [-0.1, -0.05) is 20.3 Å². The smallest absolute Gasteiger partial charge is 0.0107 e. The molecule has 3 unspecified atom stereocenters. The van der Waals surface area contributed by atoms with Gasteiger partial charge < -0.3 is 10.2 Å². The monoisotopic (exact) mass is 224 g/mol. The fraction of sp³-hybridized carbons (Fsp3) is 1.00. The van der Waals surface area contributed by atoms with E-state index in [1.807, 2.05) is 0 Å². The van der Waals surface area contributed by atoms with Crippen LogP contribution in [0.4, 0.5) is 0 Å².